The number of carbonyl (C=O) groups excluding carboxylic acids is 1. The quantitative estimate of drug-likeness (QED) is 0.498. The van der Waals surface area contributed by atoms with Crippen LogP contribution in [0.4, 0.5) is 5.13 Å². The maximum Gasteiger partial charge on any atom is 0.251 e. The number of halogens is 1. The molecule has 1 fully saturated rings. The molecule has 10 heteroatoms. The molecule has 0 atom stereocenters. The Labute approximate surface area is 200 Å². The molecule has 0 aliphatic carbocycles. The highest BCUT2D eigenvalue weighted by atomic mass is 79.9. The van der Waals surface area contributed by atoms with Crippen LogP contribution in [0.2, 0.25) is 0 Å². The lowest BCUT2D eigenvalue weighted by atomic mass is 10.2. The Morgan fingerprint density at radius 1 is 1.16 bits per heavy atom. The number of benzene rings is 2. The molecule has 0 radical (unpaired) electrons. The van der Waals surface area contributed by atoms with E-state index in [1.807, 2.05) is 12.1 Å². The summed E-state index contributed by atoms with van der Waals surface area (Å²) in [5.74, 6) is -0.240. The number of nitrogens with one attached hydrogen (secondary N) is 1. The fourth-order valence-corrected chi connectivity index (χ4v) is 6.11. The largest absolute Gasteiger partial charge is 0.351 e. The molecule has 1 saturated heterocycles. The van der Waals surface area contributed by atoms with Crippen LogP contribution >= 0.6 is 27.3 Å². The van der Waals surface area contributed by atoms with Crippen molar-refractivity contribution in [3.05, 3.63) is 52.5 Å². The summed E-state index contributed by atoms with van der Waals surface area (Å²) >= 11 is 5.22. The molecule has 1 aliphatic heterocycles. The topological polar surface area (TPSA) is 82.6 Å². The maximum atomic E-state index is 12.5. The van der Waals surface area contributed by atoms with Crippen LogP contribution in [0.3, 0.4) is 0 Å². The van der Waals surface area contributed by atoms with Crippen molar-refractivity contribution < 1.29 is 13.2 Å². The predicted octanol–water partition coefficient (Wildman–Crippen LogP) is 3.40. The first-order chi connectivity index (χ1) is 15.4. The van der Waals surface area contributed by atoms with Crippen molar-refractivity contribution in [3.63, 3.8) is 0 Å². The van der Waals surface area contributed by atoms with E-state index in [1.54, 1.807) is 30.4 Å². The van der Waals surface area contributed by atoms with E-state index in [2.05, 4.69) is 37.1 Å². The van der Waals surface area contributed by atoms with Crippen LogP contribution in [0.15, 0.2) is 51.8 Å². The Hall–Kier alpha value is -2.01. The van der Waals surface area contributed by atoms with Crippen molar-refractivity contribution in [2.45, 2.75) is 11.8 Å². The number of piperazine rings is 1. The predicted molar refractivity (Wildman–Crippen MR) is 132 cm³/mol. The molecular weight excluding hydrogens is 512 g/mol. The monoisotopic (exact) mass is 536 g/mol. The number of rotatable bonds is 7. The molecule has 3 aromatic rings. The Kier molecular flexibility index (Phi) is 7.14. The first-order valence-corrected chi connectivity index (χ1v) is 13.8. The van der Waals surface area contributed by atoms with Crippen LogP contribution in [0.1, 0.15) is 17.3 Å². The van der Waals surface area contributed by atoms with Gasteiger partial charge in [0.2, 0.25) is 0 Å². The molecule has 2 aromatic carbocycles. The number of nitrogens with zero attached hydrogens (tertiary/aromatic N) is 3. The number of thiazole rings is 1. The van der Waals surface area contributed by atoms with E-state index >= 15 is 0 Å². The van der Waals surface area contributed by atoms with Gasteiger partial charge in [-0.05, 0) is 36.4 Å². The van der Waals surface area contributed by atoms with Crippen LogP contribution in [0.25, 0.3) is 10.2 Å². The molecule has 4 rings (SSSR count). The zero-order valence-corrected chi connectivity index (χ0v) is 21.0. The van der Waals surface area contributed by atoms with Crippen LogP contribution in [-0.4, -0.2) is 69.2 Å². The first kappa shape index (κ1) is 23.2. The summed E-state index contributed by atoms with van der Waals surface area (Å²) in [5, 5.41) is 3.95. The number of sulfone groups is 1. The lowest BCUT2D eigenvalue weighted by molar-refractivity contribution is 0.0947. The molecule has 7 nitrogen and oxygen atoms in total. The van der Waals surface area contributed by atoms with Crippen LogP contribution in [-0.2, 0) is 9.84 Å². The fourth-order valence-electron chi connectivity index (χ4n) is 3.61. The van der Waals surface area contributed by atoms with Gasteiger partial charge in [-0.15, -0.1) is 0 Å². The van der Waals surface area contributed by atoms with Crippen molar-refractivity contribution in [2.75, 3.05) is 49.9 Å². The average Bonchev–Trinajstić information content (AvgIpc) is 3.22. The summed E-state index contributed by atoms with van der Waals surface area (Å²) in [7, 11) is -3.33. The Morgan fingerprint density at radius 2 is 1.94 bits per heavy atom. The molecule has 2 heterocycles. The minimum Gasteiger partial charge on any atom is -0.351 e. The lowest BCUT2D eigenvalue weighted by Crippen LogP contribution is -2.48. The summed E-state index contributed by atoms with van der Waals surface area (Å²) in [4.78, 5) is 22.0. The summed E-state index contributed by atoms with van der Waals surface area (Å²) in [6.07, 6.45) is 0. The minimum absolute atomic E-state index is 0.0125. The number of fused-ring (bicyclic) bond motifs is 1. The Balaban J connectivity index is 1.26. The summed E-state index contributed by atoms with van der Waals surface area (Å²) < 4.78 is 26.3. The molecule has 1 amide bonds. The van der Waals surface area contributed by atoms with Gasteiger partial charge in [-0.1, -0.05) is 40.3 Å². The second kappa shape index (κ2) is 9.86. The Bertz CT molecular complexity index is 1220. The Morgan fingerprint density at radius 3 is 2.69 bits per heavy atom. The minimum atomic E-state index is -3.33. The van der Waals surface area contributed by atoms with Gasteiger partial charge in [-0.2, -0.15) is 0 Å². The standard InChI is InChI=1S/C22H25BrN4O3S2/c1-2-32(29,30)18-5-3-4-16(14-18)21(28)24-8-9-26-10-12-27(13-11-26)22-25-19-7-6-17(23)15-20(19)31-22/h3-7,14-15H,2,8-13H2,1H3,(H,24,28). The highest BCUT2D eigenvalue weighted by molar-refractivity contribution is 9.10. The van der Waals surface area contributed by atoms with E-state index in [9.17, 15) is 13.2 Å². The molecule has 0 saturated carbocycles. The van der Waals surface area contributed by atoms with Gasteiger partial charge in [0.05, 0.1) is 20.9 Å². The van der Waals surface area contributed by atoms with Gasteiger partial charge >= 0.3 is 0 Å². The van der Waals surface area contributed by atoms with Crippen molar-refractivity contribution in [3.8, 4) is 0 Å². The third-order valence-corrected chi connectivity index (χ3v) is 8.84. The van der Waals surface area contributed by atoms with Gasteiger partial charge < -0.3 is 10.2 Å². The lowest BCUT2D eigenvalue weighted by Gasteiger charge is -2.34. The zero-order valence-electron chi connectivity index (χ0n) is 17.8. The third-order valence-electron chi connectivity index (χ3n) is 5.53. The zero-order chi connectivity index (χ0) is 22.7. The fraction of sp³-hybridized carbons (Fsp3) is 0.364. The number of anilines is 1. The summed E-state index contributed by atoms with van der Waals surface area (Å²) in [6.45, 7) is 6.45. The number of carbonyl (C=O) groups is 1. The molecule has 0 bridgehead atoms. The van der Waals surface area contributed by atoms with Gasteiger partial charge in [0.1, 0.15) is 0 Å². The first-order valence-electron chi connectivity index (χ1n) is 10.5. The smallest absolute Gasteiger partial charge is 0.251 e. The van der Waals surface area contributed by atoms with E-state index in [-0.39, 0.29) is 16.6 Å². The van der Waals surface area contributed by atoms with E-state index in [1.165, 1.54) is 16.8 Å². The van der Waals surface area contributed by atoms with Crippen LogP contribution in [0.5, 0.6) is 0 Å². The normalized spacial score (nSPS) is 15.2. The second-order valence-corrected chi connectivity index (χ2v) is 11.8. The molecule has 0 spiro atoms. The van der Waals surface area contributed by atoms with E-state index < -0.39 is 9.84 Å². The molecule has 1 aromatic heterocycles. The van der Waals surface area contributed by atoms with Crippen molar-refractivity contribution in [2.24, 2.45) is 0 Å². The number of hydrogen-bond acceptors (Lipinski definition) is 7. The highest BCUT2D eigenvalue weighted by Crippen LogP contribution is 2.31. The van der Waals surface area contributed by atoms with Crippen molar-refractivity contribution >= 4 is 58.4 Å². The molecule has 1 aliphatic rings. The van der Waals surface area contributed by atoms with Gasteiger partial charge in [-0.25, -0.2) is 13.4 Å². The third kappa shape index (κ3) is 5.31. The van der Waals surface area contributed by atoms with Crippen molar-refractivity contribution in [1.29, 1.82) is 0 Å². The highest BCUT2D eigenvalue weighted by Gasteiger charge is 2.20. The van der Waals surface area contributed by atoms with Gasteiger partial charge in [-0.3, -0.25) is 9.69 Å². The summed E-state index contributed by atoms with van der Waals surface area (Å²) in [5.41, 5.74) is 1.39. The van der Waals surface area contributed by atoms with E-state index in [0.29, 0.717) is 12.1 Å². The molecule has 1 N–H and O–H groups in total. The number of amides is 1. The van der Waals surface area contributed by atoms with Gasteiger partial charge in [0.15, 0.2) is 15.0 Å². The molecule has 0 unspecified atom stereocenters. The van der Waals surface area contributed by atoms with Crippen LogP contribution < -0.4 is 10.2 Å². The van der Waals surface area contributed by atoms with E-state index in [4.69, 9.17) is 4.98 Å². The summed E-state index contributed by atoms with van der Waals surface area (Å²) in [6, 6.07) is 12.4. The second-order valence-electron chi connectivity index (χ2n) is 7.62. The molecule has 170 valence electrons. The molecular formula is C22H25BrN4O3S2. The number of hydrogen-bond donors (Lipinski definition) is 1. The SMILES string of the molecule is CCS(=O)(=O)c1cccc(C(=O)NCCN2CCN(c3nc4ccc(Br)cc4s3)CC2)c1. The van der Waals surface area contributed by atoms with Gasteiger partial charge in [0.25, 0.3) is 5.91 Å². The maximum absolute atomic E-state index is 12.5. The average molecular weight is 538 g/mol. The van der Waals surface area contributed by atoms with E-state index in [0.717, 1.165) is 47.8 Å². The van der Waals surface area contributed by atoms with Crippen LogP contribution in [0, 0.1) is 0 Å². The molecule has 32 heavy (non-hydrogen) atoms. The van der Waals surface area contributed by atoms with Gasteiger partial charge in [0, 0.05) is 49.3 Å². The number of aromatic nitrogens is 1. The van der Waals surface area contributed by atoms with Crippen molar-refractivity contribution in [1.82, 2.24) is 15.2 Å².